The van der Waals surface area contributed by atoms with Crippen LogP contribution in [0.15, 0.2) is 42.7 Å². The summed E-state index contributed by atoms with van der Waals surface area (Å²) < 4.78 is 15.7. The molecule has 0 bridgehead atoms. The summed E-state index contributed by atoms with van der Waals surface area (Å²) in [5.41, 5.74) is 1.12. The number of nitrogens with zero attached hydrogens (tertiary/aromatic N) is 3. The first-order chi connectivity index (χ1) is 13.8. The fourth-order valence-electron chi connectivity index (χ4n) is 3.01. The van der Waals surface area contributed by atoms with E-state index in [1.807, 2.05) is 13.8 Å². The standard InChI is InChI=1S/C21H24FN5O2/c1-12(2)18(26-20(28)16-7-5-6-8-17(16)22)21(29)25-15-9-14-10-24-27(13(3)4)19(14)23-11-15/h5-13,18H,1-4H3,(H,25,29)(H,26,28)/t18-/m0/s1. The van der Waals surface area contributed by atoms with Crippen molar-refractivity contribution in [3.63, 3.8) is 0 Å². The van der Waals surface area contributed by atoms with Crippen molar-refractivity contribution < 1.29 is 14.0 Å². The van der Waals surface area contributed by atoms with Gasteiger partial charge < -0.3 is 10.6 Å². The molecule has 0 radical (unpaired) electrons. The van der Waals surface area contributed by atoms with Crippen molar-refractivity contribution in [2.24, 2.45) is 5.92 Å². The third kappa shape index (κ3) is 4.42. The normalized spacial score (nSPS) is 12.4. The van der Waals surface area contributed by atoms with Gasteiger partial charge in [0.2, 0.25) is 5.91 Å². The zero-order chi connectivity index (χ0) is 21.1. The lowest BCUT2D eigenvalue weighted by atomic mass is 10.0. The second-order valence-electron chi connectivity index (χ2n) is 7.48. The van der Waals surface area contributed by atoms with Gasteiger partial charge in [0.25, 0.3) is 5.91 Å². The molecule has 152 valence electrons. The third-order valence-corrected chi connectivity index (χ3v) is 4.54. The van der Waals surface area contributed by atoms with Crippen LogP contribution in [-0.4, -0.2) is 32.6 Å². The molecular weight excluding hydrogens is 373 g/mol. The van der Waals surface area contributed by atoms with E-state index >= 15 is 0 Å². The Balaban J connectivity index is 1.77. The van der Waals surface area contributed by atoms with E-state index in [-0.39, 0.29) is 17.5 Å². The maximum Gasteiger partial charge on any atom is 0.254 e. The highest BCUT2D eigenvalue weighted by molar-refractivity contribution is 6.01. The van der Waals surface area contributed by atoms with Crippen LogP contribution < -0.4 is 10.6 Å². The molecule has 0 spiro atoms. The zero-order valence-corrected chi connectivity index (χ0v) is 16.8. The third-order valence-electron chi connectivity index (χ3n) is 4.54. The van der Waals surface area contributed by atoms with Crippen molar-refractivity contribution >= 4 is 28.5 Å². The van der Waals surface area contributed by atoms with Crippen molar-refractivity contribution in [3.8, 4) is 0 Å². The molecule has 29 heavy (non-hydrogen) atoms. The summed E-state index contributed by atoms with van der Waals surface area (Å²) in [5.74, 6) is -1.87. The largest absolute Gasteiger partial charge is 0.340 e. The van der Waals surface area contributed by atoms with Crippen molar-refractivity contribution in [2.45, 2.75) is 39.8 Å². The molecule has 2 N–H and O–H groups in total. The number of hydrogen-bond donors (Lipinski definition) is 2. The second kappa shape index (κ2) is 8.38. The molecular formula is C21H24FN5O2. The van der Waals surface area contributed by atoms with Gasteiger partial charge in [0.15, 0.2) is 5.65 Å². The minimum Gasteiger partial charge on any atom is -0.340 e. The van der Waals surface area contributed by atoms with Crippen molar-refractivity contribution in [3.05, 3.63) is 54.1 Å². The first kappa shape index (κ1) is 20.4. The van der Waals surface area contributed by atoms with Crippen LogP contribution >= 0.6 is 0 Å². The summed E-state index contributed by atoms with van der Waals surface area (Å²) in [5, 5.41) is 10.5. The molecule has 2 heterocycles. The van der Waals surface area contributed by atoms with E-state index in [9.17, 15) is 14.0 Å². The Morgan fingerprint density at radius 1 is 1.10 bits per heavy atom. The maximum atomic E-state index is 13.9. The minimum absolute atomic E-state index is 0.102. The molecule has 2 amide bonds. The quantitative estimate of drug-likeness (QED) is 0.666. The van der Waals surface area contributed by atoms with Gasteiger partial charge in [-0.2, -0.15) is 5.10 Å². The van der Waals surface area contributed by atoms with E-state index in [1.165, 1.54) is 18.2 Å². The first-order valence-electron chi connectivity index (χ1n) is 9.47. The first-order valence-corrected chi connectivity index (χ1v) is 9.47. The molecule has 1 aromatic carbocycles. The molecule has 1 atom stereocenters. The van der Waals surface area contributed by atoms with Crippen LogP contribution in [0.25, 0.3) is 11.0 Å². The number of halogens is 1. The highest BCUT2D eigenvalue weighted by atomic mass is 19.1. The summed E-state index contributed by atoms with van der Waals surface area (Å²) in [6, 6.07) is 6.77. The molecule has 3 rings (SSSR count). The van der Waals surface area contributed by atoms with Crippen LogP contribution in [0.3, 0.4) is 0 Å². The van der Waals surface area contributed by atoms with E-state index in [0.717, 1.165) is 11.0 Å². The molecule has 0 aliphatic heterocycles. The van der Waals surface area contributed by atoms with E-state index in [1.54, 1.807) is 43.1 Å². The lowest BCUT2D eigenvalue weighted by molar-refractivity contribution is -0.118. The topological polar surface area (TPSA) is 88.9 Å². The van der Waals surface area contributed by atoms with Crippen LogP contribution in [0.5, 0.6) is 0 Å². The van der Waals surface area contributed by atoms with Gasteiger partial charge in [-0.25, -0.2) is 14.1 Å². The summed E-state index contributed by atoms with van der Waals surface area (Å²) in [7, 11) is 0. The highest BCUT2D eigenvalue weighted by Gasteiger charge is 2.26. The minimum atomic E-state index is -0.837. The van der Waals surface area contributed by atoms with Crippen LogP contribution in [-0.2, 0) is 4.79 Å². The van der Waals surface area contributed by atoms with Crippen molar-refractivity contribution in [1.29, 1.82) is 0 Å². The van der Waals surface area contributed by atoms with E-state index < -0.39 is 23.7 Å². The number of hydrogen-bond acceptors (Lipinski definition) is 4. The Hall–Kier alpha value is -3.29. The van der Waals surface area contributed by atoms with Gasteiger partial charge in [-0.05, 0) is 38.0 Å². The summed E-state index contributed by atoms with van der Waals surface area (Å²) >= 11 is 0. The highest BCUT2D eigenvalue weighted by Crippen LogP contribution is 2.19. The smallest absolute Gasteiger partial charge is 0.254 e. The second-order valence-corrected chi connectivity index (χ2v) is 7.48. The molecule has 0 saturated heterocycles. The van der Waals surface area contributed by atoms with E-state index in [4.69, 9.17) is 0 Å². The van der Waals surface area contributed by atoms with Crippen LogP contribution in [0, 0.1) is 11.7 Å². The number of carbonyl (C=O) groups is 2. The fraction of sp³-hybridized carbons (Fsp3) is 0.333. The number of carbonyl (C=O) groups excluding carboxylic acids is 2. The predicted octanol–water partition coefficient (Wildman–Crippen LogP) is 3.54. The number of amides is 2. The molecule has 0 unspecified atom stereocenters. The number of fused-ring (bicyclic) bond motifs is 1. The summed E-state index contributed by atoms with van der Waals surface area (Å²) in [6.45, 7) is 7.63. The number of anilines is 1. The number of pyridine rings is 1. The van der Waals surface area contributed by atoms with Gasteiger partial charge in [-0.1, -0.05) is 26.0 Å². The predicted molar refractivity (Wildman–Crippen MR) is 109 cm³/mol. The van der Waals surface area contributed by atoms with Crippen LogP contribution in [0.2, 0.25) is 0 Å². The zero-order valence-electron chi connectivity index (χ0n) is 16.8. The summed E-state index contributed by atoms with van der Waals surface area (Å²) in [6.07, 6.45) is 3.24. The van der Waals surface area contributed by atoms with Gasteiger partial charge in [0.1, 0.15) is 11.9 Å². The SMILES string of the molecule is CC(C)[C@H](NC(=O)c1ccccc1F)C(=O)Nc1cnc2c(cnn2C(C)C)c1. The molecule has 3 aromatic rings. The fourth-order valence-corrected chi connectivity index (χ4v) is 3.01. The van der Waals surface area contributed by atoms with Crippen LogP contribution in [0.4, 0.5) is 10.1 Å². The molecule has 8 heteroatoms. The lowest BCUT2D eigenvalue weighted by Gasteiger charge is -2.22. The number of aromatic nitrogens is 3. The molecule has 7 nitrogen and oxygen atoms in total. The van der Waals surface area contributed by atoms with E-state index in [0.29, 0.717) is 5.69 Å². The Bertz CT molecular complexity index is 1040. The summed E-state index contributed by atoms with van der Waals surface area (Å²) in [4.78, 5) is 29.6. The Morgan fingerprint density at radius 3 is 2.48 bits per heavy atom. The van der Waals surface area contributed by atoms with Gasteiger partial charge >= 0.3 is 0 Å². The van der Waals surface area contributed by atoms with Gasteiger partial charge in [0, 0.05) is 11.4 Å². The van der Waals surface area contributed by atoms with Crippen molar-refractivity contribution in [2.75, 3.05) is 5.32 Å². The van der Waals surface area contributed by atoms with Gasteiger partial charge in [-0.15, -0.1) is 0 Å². The Morgan fingerprint density at radius 2 is 1.83 bits per heavy atom. The number of nitrogens with one attached hydrogen (secondary N) is 2. The van der Waals surface area contributed by atoms with Gasteiger partial charge in [0.05, 0.1) is 23.6 Å². The molecule has 2 aromatic heterocycles. The average Bonchev–Trinajstić information content (AvgIpc) is 3.09. The maximum absolute atomic E-state index is 13.9. The van der Waals surface area contributed by atoms with Crippen molar-refractivity contribution in [1.82, 2.24) is 20.1 Å². The van der Waals surface area contributed by atoms with Crippen LogP contribution in [0.1, 0.15) is 44.1 Å². The molecule has 0 aliphatic carbocycles. The lowest BCUT2D eigenvalue weighted by Crippen LogP contribution is -2.47. The Labute approximate surface area is 168 Å². The molecule has 0 saturated carbocycles. The number of rotatable bonds is 6. The number of benzene rings is 1. The molecule has 0 fully saturated rings. The van der Waals surface area contributed by atoms with E-state index in [2.05, 4.69) is 20.7 Å². The van der Waals surface area contributed by atoms with Gasteiger partial charge in [-0.3, -0.25) is 9.59 Å². The average molecular weight is 397 g/mol. The molecule has 0 aliphatic rings. The monoisotopic (exact) mass is 397 g/mol. The Kier molecular flexibility index (Phi) is 5.91.